The topological polar surface area (TPSA) is 83.8 Å². The molecule has 3 heterocycles. The number of nitrogen functional groups attached to an aromatic ring is 1. The van der Waals surface area contributed by atoms with E-state index in [1.165, 1.54) is 0 Å². The van der Waals surface area contributed by atoms with Gasteiger partial charge in [-0.1, -0.05) is 36.4 Å². The number of carbonyl (C=O) groups is 1. The van der Waals surface area contributed by atoms with Crippen molar-refractivity contribution in [2.45, 2.75) is 6.42 Å². The van der Waals surface area contributed by atoms with Crippen molar-refractivity contribution in [2.24, 2.45) is 0 Å². The number of carbonyl (C=O) groups excluding carboxylic acids is 1. The number of anilines is 1. The van der Waals surface area contributed by atoms with Crippen LogP contribution in [0.5, 0.6) is 0 Å². The second-order valence-corrected chi connectivity index (χ2v) is 6.03. The van der Waals surface area contributed by atoms with Gasteiger partial charge in [0.25, 0.3) is 5.91 Å². The predicted molar refractivity (Wildman–Crippen MR) is 99.8 cm³/mol. The van der Waals surface area contributed by atoms with Gasteiger partial charge >= 0.3 is 0 Å². The number of benzene rings is 1. The second kappa shape index (κ2) is 6.28. The van der Waals surface area contributed by atoms with E-state index >= 15 is 0 Å². The van der Waals surface area contributed by atoms with Crippen molar-refractivity contribution in [2.75, 3.05) is 12.3 Å². The summed E-state index contributed by atoms with van der Waals surface area (Å²) in [6.07, 6.45) is 4.74. The molecular formula is C20H18N4O. The van der Waals surface area contributed by atoms with Gasteiger partial charge in [-0.3, -0.25) is 4.79 Å². The highest BCUT2D eigenvalue weighted by Gasteiger charge is 2.20. The number of aromatic amines is 1. The smallest absolute Gasteiger partial charge is 0.253 e. The summed E-state index contributed by atoms with van der Waals surface area (Å²) < 4.78 is 0. The molecule has 0 saturated heterocycles. The Kier molecular flexibility index (Phi) is 3.82. The molecule has 0 bridgehead atoms. The van der Waals surface area contributed by atoms with Gasteiger partial charge in [0.05, 0.1) is 11.3 Å². The fourth-order valence-corrected chi connectivity index (χ4v) is 3.01. The van der Waals surface area contributed by atoms with Crippen molar-refractivity contribution in [3.05, 3.63) is 71.0 Å². The van der Waals surface area contributed by atoms with Crippen molar-refractivity contribution < 1.29 is 4.79 Å². The van der Waals surface area contributed by atoms with E-state index in [0.29, 0.717) is 17.9 Å². The van der Waals surface area contributed by atoms with Crippen LogP contribution in [-0.2, 0) is 6.42 Å². The number of nitrogens with zero attached hydrogens (tertiary/aromatic N) is 1. The van der Waals surface area contributed by atoms with Gasteiger partial charge in [0.2, 0.25) is 0 Å². The average Bonchev–Trinajstić information content (AvgIpc) is 3.06. The normalized spacial score (nSPS) is 13.7. The summed E-state index contributed by atoms with van der Waals surface area (Å²) in [6.45, 7) is 0.662. The number of H-pyrrole nitrogens is 1. The Morgan fingerprint density at radius 3 is 2.72 bits per heavy atom. The Labute approximate surface area is 145 Å². The molecule has 1 amide bonds. The number of pyridine rings is 1. The van der Waals surface area contributed by atoms with Gasteiger partial charge in [0.15, 0.2) is 0 Å². The maximum absolute atomic E-state index is 11.9. The maximum atomic E-state index is 11.9. The predicted octanol–water partition coefficient (Wildman–Crippen LogP) is 3.12. The van der Waals surface area contributed by atoms with Crippen LogP contribution in [0, 0.1) is 0 Å². The number of aromatic nitrogens is 2. The minimum atomic E-state index is -0.0324. The summed E-state index contributed by atoms with van der Waals surface area (Å²) in [4.78, 5) is 19.7. The van der Waals surface area contributed by atoms with Crippen molar-refractivity contribution in [3.8, 4) is 11.3 Å². The van der Waals surface area contributed by atoms with E-state index in [9.17, 15) is 4.79 Å². The molecule has 0 saturated carbocycles. The first-order valence-corrected chi connectivity index (χ1v) is 8.20. The number of hydrogen-bond acceptors (Lipinski definition) is 3. The number of amides is 1. The van der Waals surface area contributed by atoms with Crippen LogP contribution in [0.25, 0.3) is 23.4 Å². The molecule has 5 heteroatoms. The largest absolute Gasteiger partial charge is 0.384 e. The Bertz CT molecular complexity index is 957. The second-order valence-electron chi connectivity index (χ2n) is 6.03. The van der Waals surface area contributed by atoms with Gasteiger partial charge < -0.3 is 16.0 Å². The number of nitrogens with two attached hydrogens (primary N) is 1. The number of rotatable bonds is 3. The molecule has 0 radical (unpaired) electrons. The van der Waals surface area contributed by atoms with Gasteiger partial charge in [-0.2, -0.15) is 0 Å². The lowest BCUT2D eigenvalue weighted by molar-refractivity contribution is 0.0946. The Morgan fingerprint density at radius 1 is 1.08 bits per heavy atom. The summed E-state index contributed by atoms with van der Waals surface area (Å²) in [6, 6.07) is 15.7. The zero-order chi connectivity index (χ0) is 17.2. The Balaban J connectivity index is 1.68. The molecule has 0 unspecified atom stereocenters. The highest BCUT2D eigenvalue weighted by Crippen LogP contribution is 2.26. The molecule has 124 valence electrons. The maximum Gasteiger partial charge on any atom is 0.253 e. The van der Waals surface area contributed by atoms with E-state index in [4.69, 9.17) is 5.73 Å². The minimum absolute atomic E-state index is 0.0324. The van der Waals surface area contributed by atoms with E-state index in [0.717, 1.165) is 34.6 Å². The first-order chi connectivity index (χ1) is 12.2. The standard InChI is InChI=1S/C20H18N4O/c21-19-11-14(18-12-16-17(24-18)8-9-22-20(16)25)10-15(23-19)7-6-13-4-2-1-3-5-13/h1-7,10-12,24H,8-9H2,(H2,21,23)(H,22,25)/b7-6+. The van der Waals surface area contributed by atoms with Gasteiger partial charge in [0.1, 0.15) is 5.82 Å². The zero-order valence-corrected chi connectivity index (χ0v) is 13.6. The van der Waals surface area contributed by atoms with E-state index in [1.807, 2.05) is 60.7 Å². The number of hydrogen-bond donors (Lipinski definition) is 3. The molecule has 2 aromatic heterocycles. The van der Waals surface area contributed by atoms with Crippen molar-refractivity contribution in [1.29, 1.82) is 0 Å². The van der Waals surface area contributed by atoms with Crippen LogP contribution in [0.4, 0.5) is 5.82 Å². The molecule has 0 aliphatic carbocycles. The van der Waals surface area contributed by atoms with E-state index in [1.54, 1.807) is 0 Å². The molecule has 5 nitrogen and oxygen atoms in total. The summed E-state index contributed by atoms with van der Waals surface area (Å²) in [5.74, 6) is 0.414. The number of nitrogens with one attached hydrogen (secondary N) is 2. The van der Waals surface area contributed by atoms with Gasteiger partial charge in [-0.05, 0) is 29.8 Å². The van der Waals surface area contributed by atoms with Crippen LogP contribution in [0.15, 0.2) is 48.5 Å². The van der Waals surface area contributed by atoms with Crippen molar-refractivity contribution in [1.82, 2.24) is 15.3 Å². The molecule has 4 N–H and O–H groups in total. The zero-order valence-electron chi connectivity index (χ0n) is 13.6. The average molecular weight is 330 g/mol. The van der Waals surface area contributed by atoms with Crippen molar-refractivity contribution >= 4 is 23.9 Å². The van der Waals surface area contributed by atoms with E-state index in [2.05, 4.69) is 15.3 Å². The van der Waals surface area contributed by atoms with Crippen LogP contribution < -0.4 is 11.1 Å². The van der Waals surface area contributed by atoms with Gasteiger partial charge in [-0.25, -0.2) is 4.98 Å². The summed E-state index contributed by atoms with van der Waals surface area (Å²) in [5.41, 5.74) is 11.3. The van der Waals surface area contributed by atoms with Crippen LogP contribution in [0.2, 0.25) is 0 Å². The van der Waals surface area contributed by atoms with Crippen LogP contribution >= 0.6 is 0 Å². The lowest BCUT2D eigenvalue weighted by atomic mass is 10.1. The van der Waals surface area contributed by atoms with Crippen LogP contribution in [0.1, 0.15) is 27.3 Å². The summed E-state index contributed by atoms with van der Waals surface area (Å²) in [5, 5.41) is 2.86. The fraction of sp³-hybridized carbons (Fsp3) is 0.100. The Hall–Kier alpha value is -3.34. The first-order valence-electron chi connectivity index (χ1n) is 8.20. The fourth-order valence-electron chi connectivity index (χ4n) is 3.01. The van der Waals surface area contributed by atoms with Crippen molar-refractivity contribution in [3.63, 3.8) is 0 Å². The monoisotopic (exact) mass is 330 g/mol. The quantitative estimate of drug-likeness (QED) is 0.690. The molecule has 0 spiro atoms. The van der Waals surface area contributed by atoms with Gasteiger partial charge in [0, 0.05) is 29.9 Å². The van der Waals surface area contributed by atoms with Crippen LogP contribution in [-0.4, -0.2) is 22.4 Å². The lowest BCUT2D eigenvalue weighted by Gasteiger charge is -2.10. The highest BCUT2D eigenvalue weighted by molar-refractivity contribution is 5.97. The van der Waals surface area contributed by atoms with E-state index in [-0.39, 0.29) is 5.91 Å². The molecule has 1 aliphatic rings. The third-order valence-electron chi connectivity index (χ3n) is 4.23. The highest BCUT2D eigenvalue weighted by atomic mass is 16.1. The van der Waals surface area contributed by atoms with E-state index < -0.39 is 0 Å². The molecule has 1 aliphatic heterocycles. The molecule has 0 fully saturated rings. The van der Waals surface area contributed by atoms with Gasteiger partial charge in [-0.15, -0.1) is 0 Å². The van der Waals surface area contributed by atoms with Crippen LogP contribution in [0.3, 0.4) is 0 Å². The third kappa shape index (κ3) is 3.17. The molecule has 3 aromatic rings. The SMILES string of the molecule is Nc1cc(-c2cc3c([nH]2)CCNC3=O)cc(/C=C/c2ccccc2)n1. The molecular weight excluding hydrogens is 312 g/mol. The molecule has 4 rings (SSSR count). The Morgan fingerprint density at radius 2 is 1.92 bits per heavy atom. The molecule has 25 heavy (non-hydrogen) atoms. The first kappa shape index (κ1) is 15.2. The number of fused-ring (bicyclic) bond motifs is 1. The molecule has 0 atom stereocenters. The minimum Gasteiger partial charge on any atom is -0.384 e. The lowest BCUT2D eigenvalue weighted by Crippen LogP contribution is -2.31. The third-order valence-corrected chi connectivity index (χ3v) is 4.23. The summed E-state index contributed by atoms with van der Waals surface area (Å²) >= 11 is 0. The summed E-state index contributed by atoms with van der Waals surface area (Å²) in [7, 11) is 0. The molecule has 1 aromatic carbocycles.